The lowest BCUT2D eigenvalue weighted by Crippen LogP contribution is -2.49. The zero-order valence-electron chi connectivity index (χ0n) is 31.0. The molecule has 0 bridgehead atoms. The van der Waals surface area contributed by atoms with E-state index < -0.39 is 11.8 Å². The maximum atomic E-state index is 14.8. The zero-order valence-corrected chi connectivity index (χ0v) is 31.8. The molecule has 1 aliphatic carbocycles. The van der Waals surface area contributed by atoms with Gasteiger partial charge in [-0.3, -0.25) is 24.5 Å². The van der Waals surface area contributed by atoms with Crippen molar-refractivity contribution in [2.24, 2.45) is 5.92 Å². The summed E-state index contributed by atoms with van der Waals surface area (Å²) in [6.07, 6.45) is 8.90. The number of ether oxygens (including phenoxy) is 1. The number of fused-ring (bicyclic) bond motifs is 1. The number of piperidine rings is 2. The summed E-state index contributed by atoms with van der Waals surface area (Å²) >= 11 is 6.14. The Morgan fingerprint density at radius 1 is 0.964 bits per heavy atom. The monoisotopic (exact) mass is 782 g/mol. The Labute approximate surface area is 328 Å². The summed E-state index contributed by atoms with van der Waals surface area (Å²) in [5.74, 6) is 0.984. The molecule has 0 unspecified atom stereocenters. The van der Waals surface area contributed by atoms with E-state index in [4.69, 9.17) is 21.6 Å². The van der Waals surface area contributed by atoms with Crippen molar-refractivity contribution < 1.29 is 23.5 Å². The molecule has 14 nitrogen and oxygen atoms in total. The number of carbonyl (C=O) groups excluding carboxylic acids is 3. The number of nitriles is 1. The molecular formula is C40H44ClFN10O4. The van der Waals surface area contributed by atoms with Crippen molar-refractivity contribution in [1.29, 1.82) is 5.26 Å². The summed E-state index contributed by atoms with van der Waals surface area (Å²) in [6.45, 7) is 4.80. The van der Waals surface area contributed by atoms with E-state index >= 15 is 0 Å². The van der Waals surface area contributed by atoms with Crippen LogP contribution in [0.1, 0.15) is 79.9 Å². The number of imide groups is 1. The highest BCUT2D eigenvalue weighted by Gasteiger charge is 2.30. The van der Waals surface area contributed by atoms with E-state index in [0.29, 0.717) is 44.5 Å². The van der Waals surface area contributed by atoms with Crippen LogP contribution in [0.5, 0.6) is 5.75 Å². The number of anilines is 2. The van der Waals surface area contributed by atoms with Gasteiger partial charge in [-0.1, -0.05) is 11.6 Å². The minimum Gasteiger partial charge on any atom is -0.490 e. The Morgan fingerprint density at radius 2 is 1.75 bits per heavy atom. The molecule has 3 aliphatic heterocycles. The Hall–Kier alpha value is -5.33. The van der Waals surface area contributed by atoms with Crippen LogP contribution < -0.4 is 25.2 Å². The summed E-state index contributed by atoms with van der Waals surface area (Å²) in [5, 5.41) is 28.9. The fourth-order valence-electron chi connectivity index (χ4n) is 8.51. The van der Waals surface area contributed by atoms with Gasteiger partial charge in [0.05, 0.1) is 40.1 Å². The van der Waals surface area contributed by atoms with Crippen molar-refractivity contribution in [3.63, 3.8) is 0 Å². The Balaban J connectivity index is 0.768. The van der Waals surface area contributed by atoms with E-state index in [1.165, 1.54) is 17.0 Å². The van der Waals surface area contributed by atoms with Crippen LogP contribution in [0.2, 0.25) is 5.02 Å². The van der Waals surface area contributed by atoms with Crippen molar-refractivity contribution in [2.75, 3.05) is 49.1 Å². The lowest BCUT2D eigenvalue weighted by Gasteiger charge is -2.38. The average molecular weight is 783 g/mol. The van der Waals surface area contributed by atoms with Crippen LogP contribution >= 0.6 is 11.6 Å². The number of hydrogen-bond donors (Lipinski definition) is 2. The number of likely N-dealkylation sites (tertiary alicyclic amines) is 1. The molecule has 4 aromatic rings. The van der Waals surface area contributed by atoms with E-state index in [9.17, 15) is 18.8 Å². The topological polar surface area (TPSA) is 162 Å². The minimum atomic E-state index is -0.544. The second-order valence-electron chi connectivity index (χ2n) is 15.3. The minimum absolute atomic E-state index is 0.0218. The van der Waals surface area contributed by atoms with Gasteiger partial charge in [-0.15, -0.1) is 10.2 Å². The first-order valence-electron chi connectivity index (χ1n) is 19.5. The molecule has 8 rings (SSSR count). The largest absolute Gasteiger partial charge is 0.490 e. The lowest BCUT2D eigenvalue weighted by atomic mass is 9.92. The number of hydrogen-bond acceptors (Lipinski definition) is 10. The molecule has 0 spiro atoms. The van der Waals surface area contributed by atoms with E-state index in [-0.39, 0.29) is 43.0 Å². The Bertz CT molecular complexity index is 2130. The van der Waals surface area contributed by atoms with E-state index in [1.807, 2.05) is 10.7 Å². The molecule has 1 saturated carbocycles. The number of amides is 4. The fraction of sp³-hybridized carbons (Fsp3) is 0.475. The number of halogens is 2. The van der Waals surface area contributed by atoms with Gasteiger partial charge in [0.15, 0.2) is 11.5 Å². The van der Waals surface area contributed by atoms with Gasteiger partial charge in [0.1, 0.15) is 17.6 Å². The zero-order chi connectivity index (χ0) is 38.8. The van der Waals surface area contributed by atoms with Crippen molar-refractivity contribution in [3.8, 4) is 11.8 Å². The normalized spacial score (nSPS) is 21.5. The van der Waals surface area contributed by atoms with Crippen LogP contribution in [0, 0.1) is 23.1 Å². The van der Waals surface area contributed by atoms with Crippen LogP contribution in [0.4, 0.5) is 20.7 Å². The van der Waals surface area contributed by atoms with Crippen LogP contribution in [0.15, 0.2) is 48.7 Å². The van der Waals surface area contributed by atoms with E-state index in [2.05, 4.69) is 41.8 Å². The maximum absolute atomic E-state index is 14.8. The van der Waals surface area contributed by atoms with Gasteiger partial charge >= 0.3 is 6.03 Å². The number of nitrogens with one attached hydrogen (secondary N) is 2. The molecule has 4 amide bonds. The number of benzene rings is 2. The molecule has 292 valence electrons. The highest BCUT2D eigenvalue weighted by atomic mass is 35.5. The summed E-state index contributed by atoms with van der Waals surface area (Å²) < 4.78 is 22.8. The third kappa shape index (κ3) is 8.27. The summed E-state index contributed by atoms with van der Waals surface area (Å²) in [6, 6.07) is 13.2. The number of nitrogens with zero attached hydrogens (tertiary/aromatic N) is 8. The van der Waals surface area contributed by atoms with E-state index in [1.54, 1.807) is 30.5 Å². The molecule has 16 heteroatoms. The van der Waals surface area contributed by atoms with Gasteiger partial charge in [0.25, 0.3) is 5.91 Å². The van der Waals surface area contributed by atoms with Gasteiger partial charge < -0.3 is 19.9 Å². The molecule has 0 radical (unpaired) electrons. The molecule has 2 aromatic carbocycles. The predicted octanol–water partition coefficient (Wildman–Crippen LogP) is 5.61. The first kappa shape index (κ1) is 37.6. The molecule has 56 heavy (non-hydrogen) atoms. The fourth-order valence-corrected chi connectivity index (χ4v) is 8.72. The highest BCUT2D eigenvalue weighted by molar-refractivity contribution is 6.31. The smallest absolute Gasteiger partial charge is 0.328 e. The van der Waals surface area contributed by atoms with Crippen molar-refractivity contribution in [1.82, 2.24) is 35.5 Å². The van der Waals surface area contributed by atoms with Crippen LogP contribution in [-0.4, -0.2) is 94.1 Å². The molecule has 2 aromatic heterocycles. The summed E-state index contributed by atoms with van der Waals surface area (Å²) in [5.41, 5.74) is 1.81. The highest BCUT2D eigenvalue weighted by Crippen LogP contribution is 2.34. The van der Waals surface area contributed by atoms with Crippen LogP contribution in [-0.2, 0) is 4.79 Å². The summed E-state index contributed by atoms with van der Waals surface area (Å²) in [4.78, 5) is 43.4. The summed E-state index contributed by atoms with van der Waals surface area (Å²) in [7, 11) is 0. The van der Waals surface area contributed by atoms with E-state index in [0.717, 1.165) is 89.9 Å². The number of rotatable bonds is 9. The lowest BCUT2D eigenvalue weighted by molar-refractivity contribution is -0.120. The standard InChI is InChI=1S/C40H44ClFN10O4/c41-33-21-31(4-1-26(33)22-43)56-30-5-2-28(3-6-30)45-39(54)34-7-8-37(48-47-34)50-16-9-25(10-17-50)24-49-14-11-29(12-15-49)52-36-20-27(42)19-35(32(36)23-44-52)51-18-13-38(53)46-40(51)55/h1,4,7-8,19-21,23,25,28-30H,2-3,5-6,9-18,24H2,(H,45,54)(H,46,53,55). The van der Waals surface area contributed by atoms with Gasteiger partial charge in [0, 0.05) is 63.2 Å². The van der Waals surface area contributed by atoms with Crippen LogP contribution in [0.25, 0.3) is 10.9 Å². The molecule has 4 aliphatic rings. The van der Waals surface area contributed by atoms with Gasteiger partial charge in [0.2, 0.25) is 5.91 Å². The van der Waals surface area contributed by atoms with Crippen molar-refractivity contribution in [2.45, 2.75) is 76.0 Å². The average Bonchev–Trinajstić information content (AvgIpc) is 3.63. The van der Waals surface area contributed by atoms with Crippen molar-refractivity contribution >= 4 is 51.9 Å². The van der Waals surface area contributed by atoms with Crippen LogP contribution in [0.3, 0.4) is 0 Å². The number of urea groups is 1. The molecule has 5 heterocycles. The maximum Gasteiger partial charge on any atom is 0.328 e. The molecule has 2 N–H and O–H groups in total. The van der Waals surface area contributed by atoms with Gasteiger partial charge in [-0.25, -0.2) is 9.18 Å². The first-order valence-corrected chi connectivity index (χ1v) is 19.8. The van der Waals surface area contributed by atoms with Gasteiger partial charge in [-0.2, -0.15) is 10.4 Å². The predicted molar refractivity (Wildman–Crippen MR) is 207 cm³/mol. The third-order valence-electron chi connectivity index (χ3n) is 11.6. The molecule has 4 fully saturated rings. The van der Waals surface area contributed by atoms with Gasteiger partial charge in [-0.05, 0) is 93.7 Å². The Morgan fingerprint density at radius 3 is 2.45 bits per heavy atom. The SMILES string of the molecule is N#Cc1ccc(OC2CCC(NC(=O)c3ccc(N4CCC(CN5CCC(n6ncc7c(N8CCC(=O)NC8=O)cc(F)cc76)CC5)CC4)nn3)CC2)cc1Cl. The molecule has 0 atom stereocenters. The quantitative estimate of drug-likeness (QED) is 0.218. The third-order valence-corrected chi connectivity index (χ3v) is 11.9. The molecule has 3 saturated heterocycles. The first-order chi connectivity index (χ1) is 27.2. The van der Waals surface area contributed by atoms with Crippen molar-refractivity contribution in [3.05, 3.63) is 70.8 Å². The molecular weight excluding hydrogens is 739 g/mol. The number of aromatic nitrogens is 4. The second-order valence-corrected chi connectivity index (χ2v) is 15.7. The second kappa shape index (κ2) is 16.4. The Kier molecular flexibility index (Phi) is 11.0. The number of carbonyl (C=O) groups is 3.